The van der Waals surface area contributed by atoms with E-state index in [0.717, 1.165) is 10.6 Å². The van der Waals surface area contributed by atoms with Gasteiger partial charge in [-0.25, -0.2) is 4.98 Å². The minimum atomic E-state index is -0.343. The van der Waals surface area contributed by atoms with Gasteiger partial charge in [0.05, 0.1) is 5.69 Å². The number of piperazine rings is 1. The number of aromatic nitrogens is 1. The Labute approximate surface area is 116 Å². The number of carbonyl (C=O) groups excluding carboxylic acids is 2. The minimum Gasteiger partial charge on any atom is -0.327 e. The van der Waals surface area contributed by atoms with Crippen molar-refractivity contribution in [2.24, 2.45) is 5.73 Å². The second kappa shape index (κ2) is 5.26. The number of amides is 2. The predicted octanol–water partition coefficient (Wildman–Crippen LogP) is 0.713. The lowest BCUT2D eigenvalue weighted by atomic mass is 10.1. The molecule has 1 aromatic rings. The number of rotatable bonds is 3. The first kappa shape index (κ1) is 14.0. The predicted molar refractivity (Wildman–Crippen MR) is 74.0 cm³/mol. The van der Waals surface area contributed by atoms with Crippen LogP contribution in [0.4, 0.5) is 5.13 Å². The van der Waals surface area contributed by atoms with Crippen LogP contribution in [-0.2, 0) is 9.59 Å². The molecule has 19 heavy (non-hydrogen) atoms. The maximum atomic E-state index is 11.8. The van der Waals surface area contributed by atoms with Crippen LogP contribution in [0.5, 0.6) is 0 Å². The van der Waals surface area contributed by atoms with E-state index in [9.17, 15) is 9.59 Å². The molecule has 2 heterocycles. The van der Waals surface area contributed by atoms with Crippen LogP contribution in [0.25, 0.3) is 0 Å². The summed E-state index contributed by atoms with van der Waals surface area (Å²) in [6.45, 7) is 5.87. The van der Waals surface area contributed by atoms with Gasteiger partial charge in [0.15, 0.2) is 5.13 Å². The van der Waals surface area contributed by atoms with Gasteiger partial charge in [-0.05, 0) is 20.3 Å². The molecule has 1 aliphatic rings. The van der Waals surface area contributed by atoms with Gasteiger partial charge in [0, 0.05) is 10.9 Å². The molecule has 2 atom stereocenters. The van der Waals surface area contributed by atoms with Crippen molar-refractivity contribution >= 4 is 28.3 Å². The quantitative estimate of drug-likeness (QED) is 0.797. The summed E-state index contributed by atoms with van der Waals surface area (Å²) in [6.07, 6.45) is 0.630. The number of anilines is 1. The zero-order chi connectivity index (χ0) is 14.2. The molecule has 0 saturated carbocycles. The molecule has 2 amide bonds. The summed E-state index contributed by atoms with van der Waals surface area (Å²) in [6, 6.07) is -0.440. The van der Waals surface area contributed by atoms with Crippen LogP contribution in [0.3, 0.4) is 0 Å². The molecule has 1 saturated heterocycles. The van der Waals surface area contributed by atoms with Crippen molar-refractivity contribution in [3.63, 3.8) is 0 Å². The molecular weight excluding hydrogens is 264 g/mol. The molecular formula is C12H18N4O2S. The number of carbonyl (C=O) groups is 2. The van der Waals surface area contributed by atoms with Gasteiger partial charge >= 0.3 is 0 Å². The van der Waals surface area contributed by atoms with Gasteiger partial charge in [0.2, 0.25) is 11.8 Å². The largest absolute Gasteiger partial charge is 0.327 e. The van der Waals surface area contributed by atoms with Gasteiger partial charge in [-0.15, -0.1) is 0 Å². The first-order valence-electron chi connectivity index (χ1n) is 6.27. The van der Waals surface area contributed by atoms with Crippen molar-refractivity contribution in [1.82, 2.24) is 10.3 Å². The van der Waals surface area contributed by atoms with Gasteiger partial charge in [-0.2, -0.15) is 0 Å². The second-order valence-electron chi connectivity index (χ2n) is 4.70. The third-order valence-corrected chi connectivity index (χ3v) is 4.52. The van der Waals surface area contributed by atoms with E-state index in [-0.39, 0.29) is 30.4 Å². The van der Waals surface area contributed by atoms with Gasteiger partial charge in [-0.3, -0.25) is 14.9 Å². The van der Waals surface area contributed by atoms with Crippen LogP contribution in [0.15, 0.2) is 0 Å². The molecule has 0 aliphatic carbocycles. The lowest BCUT2D eigenvalue weighted by molar-refractivity contribution is -0.132. The summed E-state index contributed by atoms with van der Waals surface area (Å²) in [4.78, 5) is 30.6. The van der Waals surface area contributed by atoms with Crippen molar-refractivity contribution in [2.45, 2.75) is 39.3 Å². The highest BCUT2D eigenvalue weighted by atomic mass is 32.1. The first-order valence-corrected chi connectivity index (χ1v) is 7.09. The van der Waals surface area contributed by atoms with Crippen molar-refractivity contribution < 1.29 is 9.59 Å². The van der Waals surface area contributed by atoms with Crippen LogP contribution in [-0.4, -0.2) is 29.4 Å². The highest BCUT2D eigenvalue weighted by Crippen LogP contribution is 2.31. The molecule has 1 aliphatic heterocycles. The van der Waals surface area contributed by atoms with Crippen LogP contribution in [0.2, 0.25) is 0 Å². The number of nitrogens with zero attached hydrogens (tertiary/aromatic N) is 2. The van der Waals surface area contributed by atoms with Gasteiger partial charge in [0.1, 0.15) is 12.6 Å². The number of nitrogens with one attached hydrogen (secondary N) is 1. The molecule has 104 valence electrons. The fourth-order valence-electron chi connectivity index (χ4n) is 2.21. The molecule has 3 N–H and O–H groups in total. The van der Waals surface area contributed by atoms with Crippen molar-refractivity contribution in [3.05, 3.63) is 10.6 Å². The van der Waals surface area contributed by atoms with E-state index < -0.39 is 0 Å². The molecule has 1 aromatic heterocycles. The van der Waals surface area contributed by atoms with Gasteiger partial charge in [0.25, 0.3) is 0 Å². The number of nitrogens with two attached hydrogens (primary N) is 1. The topological polar surface area (TPSA) is 88.3 Å². The number of imide groups is 1. The average Bonchev–Trinajstić information content (AvgIpc) is 2.70. The maximum absolute atomic E-state index is 11.8. The van der Waals surface area contributed by atoms with E-state index in [4.69, 9.17) is 5.73 Å². The number of aryl methyl sites for hydroxylation is 1. The van der Waals surface area contributed by atoms with Crippen LogP contribution >= 0.6 is 11.3 Å². The highest BCUT2D eigenvalue weighted by Gasteiger charge is 2.34. The summed E-state index contributed by atoms with van der Waals surface area (Å²) in [5, 5.41) is 3.05. The Hall–Kier alpha value is -1.47. The fourth-order valence-corrected chi connectivity index (χ4v) is 3.28. The Morgan fingerprint density at radius 2 is 2.26 bits per heavy atom. The lowest BCUT2D eigenvalue weighted by Crippen LogP contribution is -2.58. The number of thiazole rings is 1. The molecule has 0 aromatic carbocycles. The van der Waals surface area contributed by atoms with Crippen molar-refractivity contribution in [3.8, 4) is 0 Å². The zero-order valence-corrected chi connectivity index (χ0v) is 12.1. The summed E-state index contributed by atoms with van der Waals surface area (Å²) in [5.41, 5.74) is 6.75. The monoisotopic (exact) mass is 282 g/mol. The van der Waals surface area contributed by atoms with Crippen molar-refractivity contribution in [1.29, 1.82) is 0 Å². The molecule has 0 radical (unpaired) electrons. The van der Waals surface area contributed by atoms with E-state index >= 15 is 0 Å². The Morgan fingerprint density at radius 1 is 1.58 bits per heavy atom. The van der Waals surface area contributed by atoms with E-state index in [1.165, 1.54) is 11.3 Å². The van der Waals surface area contributed by atoms with E-state index in [1.54, 1.807) is 4.90 Å². The summed E-state index contributed by atoms with van der Waals surface area (Å²) < 4.78 is 0. The molecule has 0 spiro atoms. The van der Waals surface area contributed by atoms with Gasteiger partial charge < -0.3 is 10.6 Å². The second-order valence-corrected chi connectivity index (χ2v) is 5.71. The number of hydrogen-bond acceptors (Lipinski definition) is 6. The van der Waals surface area contributed by atoms with Crippen LogP contribution in [0.1, 0.15) is 36.9 Å². The van der Waals surface area contributed by atoms with Crippen LogP contribution in [0, 0.1) is 6.92 Å². The zero-order valence-electron chi connectivity index (χ0n) is 11.3. The molecule has 7 heteroatoms. The molecule has 6 nitrogen and oxygen atoms in total. The molecule has 2 rings (SSSR count). The average molecular weight is 282 g/mol. The third kappa shape index (κ3) is 2.62. The maximum Gasteiger partial charge on any atom is 0.249 e. The van der Waals surface area contributed by atoms with Gasteiger partial charge in [-0.1, -0.05) is 18.3 Å². The Balaban J connectivity index is 2.35. The highest BCUT2D eigenvalue weighted by molar-refractivity contribution is 7.15. The summed E-state index contributed by atoms with van der Waals surface area (Å²) in [5.74, 6) is -0.543. The SMILES string of the molecule is CCC1C(=O)NC(=O)CN1c1nc(C)c(C(C)N)s1. The first-order chi connectivity index (χ1) is 8.93. The van der Waals surface area contributed by atoms with E-state index in [1.807, 2.05) is 20.8 Å². The molecule has 2 unspecified atom stereocenters. The summed E-state index contributed by atoms with van der Waals surface area (Å²) >= 11 is 1.45. The van der Waals surface area contributed by atoms with E-state index in [2.05, 4.69) is 10.3 Å². The third-order valence-electron chi connectivity index (χ3n) is 3.12. The van der Waals surface area contributed by atoms with Crippen LogP contribution < -0.4 is 16.0 Å². The Morgan fingerprint density at radius 3 is 2.79 bits per heavy atom. The normalized spacial score (nSPS) is 21.5. The summed E-state index contributed by atoms with van der Waals surface area (Å²) in [7, 11) is 0. The Kier molecular flexibility index (Phi) is 3.86. The van der Waals surface area contributed by atoms with Crippen molar-refractivity contribution in [2.75, 3.05) is 11.4 Å². The lowest BCUT2D eigenvalue weighted by Gasteiger charge is -2.33. The van der Waals surface area contributed by atoms with E-state index in [0.29, 0.717) is 11.6 Å². The number of hydrogen-bond donors (Lipinski definition) is 2. The fraction of sp³-hybridized carbons (Fsp3) is 0.583. The minimum absolute atomic E-state index is 0.0966. The molecule has 0 bridgehead atoms. The molecule has 1 fully saturated rings. The standard InChI is InChI=1S/C12H18N4O2S/c1-4-8-11(18)15-9(17)5-16(8)12-14-7(3)10(19-12)6(2)13/h6,8H,4-5,13H2,1-3H3,(H,15,17,18). The smallest absolute Gasteiger partial charge is 0.249 e. The Bertz CT molecular complexity index is 512.